The van der Waals surface area contributed by atoms with Gasteiger partial charge in [-0.25, -0.2) is 9.59 Å². The molecule has 5 rings (SSSR count). The molecule has 1 aliphatic heterocycles. The average molecular weight is 471 g/mol. The van der Waals surface area contributed by atoms with E-state index in [0.717, 1.165) is 16.7 Å². The van der Waals surface area contributed by atoms with Crippen LogP contribution in [0, 0.1) is 0 Å². The number of likely N-dealkylation sites (tertiary alicyclic amines) is 1. The molecule has 0 radical (unpaired) electrons. The summed E-state index contributed by atoms with van der Waals surface area (Å²) in [5.74, 6) is -1.26. The van der Waals surface area contributed by atoms with Crippen molar-refractivity contribution >= 4 is 18.0 Å². The number of hydrogen-bond acceptors (Lipinski definition) is 4. The molecule has 178 valence electrons. The number of nitrogens with zero attached hydrogens (tertiary/aromatic N) is 1. The molecular formula is C28H26N2O5. The Morgan fingerprint density at radius 1 is 0.914 bits per heavy atom. The Kier molecular flexibility index (Phi) is 6.23. The first-order chi connectivity index (χ1) is 17.0. The van der Waals surface area contributed by atoms with E-state index in [1.54, 1.807) is 24.3 Å². The molecule has 3 aromatic rings. The summed E-state index contributed by atoms with van der Waals surface area (Å²) in [6, 6.07) is 22.4. The number of aliphatic carboxylic acids is 1. The molecule has 2 N–H and O–H groups in total. The van der Waals surface area contributed by atoms with Crippen LogP contribution in [-0.4, -0.2) is 47.2 Å². The fourth-order valence-corrected chi connectivity index (χ4v) is 5.02. The van der Waals surface area contributed by atoms with E-state index in [9.17, 15) is 19.5 Å². The summed E-state index contributed by atoms with van der Waals surface area (Å²) in [5.41, 5.74) is 5.91. The monoisotopic (exact) mass is 470 g/mol. The van der Waals surface area contributed by atoms with Crippen LogP contribution in [-0.2, 0) is 16.1 Å². The zero-order valence-electron chi connectivity index (χ0n) is 19.1. The Balaban J connectivity index is 1.16. The molecule has 1 saturated heterocycles. The quantitative estimate of drug-likeness (QED) is 0.556. The predicted octanol–water partition coefficient (Wildman–Crippen LogP) is 4.41. The van der Waals surface area contributed by atoms with Gasteiger partial charge in [0, 0.05) is 24.6 Å². The van der Waals surface area contributed by atoms with E-state index in [1.807, 2.05) is 24.3 Å². The highest BCUT2D eigenvalue weighted by molar-refractivity contribution is 5.97. The number of carboxylic acid groups (broad SMARTS) is 1. The second-order valence-electron chi connectivity index (χ2n) is 8.87. The number of amides is 2. The molecule has 0 unspecified atom stereocenters. The molecule has 1 heterocycles. The van der Waals surface area contributed by atoms with Gasteiger partial charge >= 0.3 is 12.1 Å². The summed E-state index contributed by atoms with van der Waals surface area (Å²) >= 11 is 0. The predicted molar refractivity (Wildman–Crippen MR) is 130 cm³/mol. The number of rotatable bonds is 6. The SMILES string of the molecule is O=C(NCc1ccc(C(=O)N2CCC[C@H]2C(=O)O)cc1)OCC1c2ccccc2-c2ccccc21. The highest BCUT2D eigenvalue weighted by Crippen LogP contribution is 2.44. The van der Waals surface area contributed by atoms with E-state index < -0.39 is 18.1 Å². The molecule has 7 nitrogen and oxygen atoms in total. The lowest BCUT2D eigenvalue weighted by Gasteiger charge is -2.21. The van der Waals surface area contributed by atoms with Gasteiger partial charge < -0.3 is 20.1 Å². The van der Waals surface area contributed by atoms with Crippen molar-refractivity contribution in [2.75, 3.05) is 13.2 Å². The molecule has 0 spiro atoms. The van der Waals surface area contributed by atoms with Crippen molar-refractivity contribution in [2.24, 2.45) is 0 Å². The van der Waals surface area contributed by atoms with Crippen LogP contribution < -0.4 is 5.32 Å². The largest absolute Gasteiger partial charge is 0.480 e. The number of benzene rings is 3. The van der Waals surface area contributed by atoms with Crippen molar-refractivity contribution in [3.8, 4) is 11.1 Å². The molecule has 2 aliphatic rings. The first-order valence-corrected chi connectivity index (χ1v) is 11.7. The minimum absolute atomic E-state index is 0.00124. The minimum Gasteiger partial charge on any atom is -0.480 e. The van der Waals surface area contributed by atoms with Crippen LogP contribution in [0.5, 0.6) is 0 Å². The third kappa shape index (κ3) is 4.49. The average Bonchev–Trinajstić information content (AvgIpc) is 3.50. The fraction of sp³-hybridized carbons (Fsp3) is 0.250. The Labute approximate surface area is 203 Å². The van der Waals surface area contributed by atoms with Crippen molar-refractivity contribution in [3.63, 3.8) is 0 Å². The van der Waals surface area contributed by atoms with Crippen LogP contribution in [0.4, 0.5) is 4.79 Å². The topological polar surface area (TPSA) is 95.9 Å². The van der Waals surface area contributed by atoms with Crippen LogP contribution in [0.1, 0.15) is 45.8 Å². The highest BCUT2D eigenvalue weighted by Gasteiger charge is 2.34. The standard InChI is InChI=1S/C28H26N2O5/c31-26(30-15-5-10-25(30)27(32)33)19-13-11-18(12-14-19)16-29-28(34)35-17-24-22-8-3-1-6-20(22)21-7-2-4-9-23(21)24/h1-4,6-9,11-14,24-25H,5,10,15-17H2,(H,29,34)(H,32,33)/t25-/m0/s1. The lowest BCUT2D eigenvalue weighted by Crippen LogP contribution is -2.40. The summed E-state index contributed by atoms with van der Waals surface area (Å²) in [7, 11) is 0. The van der Waals surface area contributed by atoms with Gasteiger partial charge in [0.15, 0.2) is 0 Å². The van der Waals surface area contributed by atoms with E-state index in [2.05, 4.69) is 29.6 Å². The normalized spacial score (nSPS) is 16.5. The molecule has 0 bridgehead atoms. The maximum absolute atomic E-state index is 12.7. The Bertz CT molecular complexity index is 1220. The van der Waals surface area contributed by atoms with Crippen LogP contribution in [0.3, 0.4) is 0 Å². The number of hydrogen-bond donors (Lipinski definition) is 2. The first kappa shape index (κ1) is 22.7. The third-order valence-electron chi connectivity index (χ3n) is 6.78. The number of ether oxygens (including phenoxy) is 1. The van der Waals surface area contributed by atoms with Gasteiger partial charge in [-0.2, -0.15) is 0 Å². The smallest absolute Gasteiger partial charge is 0.407 e. The molecule has 1 aliphatic carbocycles. The molecule has 1 atom stereocenters. The van der Waals surface area contributed by atoms with Crippen molar-refractivity contribution in [3.05, 3.63) is 95.1 Å². The molecule has 2 amide bonds. The number of fused-ring (bicyclic) bond motifs is 3. The van der Waals surface area contributed by atoms with Crippen LogP contribution >= 0.6 is 0 Å². The molecular weight excluding hydrogens is 444 g/mol. The van der Waals surface area contributed by atoms with Gasteiger partial charge in [-0.15, -0.1) is 0 Å². The van der Waals surface area contributed by atoms with Gasteiger partial charge in [0.1, 0.15) is 12.6 Å². The minimum atomic E-state index is -0.972. The fourth-order valence-electron chi connectivity index (χ4n) is 5.02. The Morgan fingerprint density at radius 2 is 1.54 bits per heavy atom. The number of alkyl carbamates (subject to hydrolysis) is 1. The van der Waals surface area contributed by atoms with Crippen molar-refractivity contribution in [1.29, 1.82) is 0 Å². The summed E-state index contributed by atoms with van der Waals surface area (Å²) < 4.78 is 5.56. The summed E-state index contributed by atoms with van der Waals surface area (Å²) in [5, 5.41) is 12.1. The molecule has 35 heavy (non-hydrogen) atoms. The number of carboxylic acids is 1. The summed E-state index contributed by atoms with van der Waals surface area (Å²) in [6.07, 6.45) is 0.655. The zero-order valence-corrected chi connectivity index (χ0v) is 19.1. The second-order valence-corrected chi connectivity index (χ2v) is 8.87. The number of carbonyl (C=O) groups excluding carboxylic acids is 2. The van der Waals surface area contributed by atoms with Crippen molar-refractivity contribution in [2.45, 2.75) is 31.3 Å². The van der Waals surface area contributed by atoms with Crippen LogP contribution in [0.15, 0.2) is 72.8 Å². The highest BCUT2D eigenvalue weighted by atomic mass is 16.5. The maximum Gasteiger partial charge on any atom is 0.407 e. The van der Waals surface area contributed by atoms with Crippen LogP contribution in [0.2, 0.25) is 0 Å². The van der Waals surface area contributed by atoms with E-state index >= 15 is 0 Å². The maximum atomic E-state index is 12.7. The zero-order chi connectivity index (χ0) is 24.4. The summed E-state index contributed by atoms with van der Waals surface area (Å²) in [4.78, 5) is 37.9. The molecule has 7 heteroatoms. The third-order valence-corrected chi connectivity index (χ3v) is 6.78. The van der Waals surface area contributed by atoms with E-state index in [4.69, 9.17) is 4.74 Å². The van der Waals surface area contributed by atoms with Gasteiger partial charge in [0.25, 0.3) is 5.91 Å². The van der Waals surface area contributed by atoms with Crippen molar-refractivity contribution < 1.29 is 24.2 Å². The lowest BCUT2D eigenvalue weighted by atomic mass is 9.98. The van der Waals surface area contributed by atoms with E-state index in [0.29, 0.717) is 24.9 Å². The van der Waals surface area contributed by atoms with E-state index in [-0.39, 0.29) is 25.0 Å². The molecule has 0 aromatic heterocycles. The van der Waals surface area contributed by atoms with Crippen molar-refractivity contribution in [1.82, 2.24) is 10.2 Å². The second kappa shape index (κ2) is 9.62. The Morgan fingerprint density at radius 3 is 2.17 bits per heavy atom. The van der Waals surface area contributed by atoms with Gasteiger partial charge in [0.2, 0.25) is 0 Å². The van der Waals surface area contributed by atoms with Gasteiger partial charge in [0.05, 0.1) is 0 Å². The molecule has 3 aromatic carbocycles. The lowest BCUT2D eigenvalue weighted by molar-refractivity contribution is -0.141. The van der Waals surface area contributed by atoms with Gasteiger partial charge in [-0.05, 0) is 52.8 Å². The first-order valence-electron chi connectivity index (χ1n) is 11.7. The Hall–Kier alpha value is -4.13. The van der Waals surface area contributed by atoms with E-state index in [1.165, 1.54) is 16.0 Å². The van der Waals surface area contributed by atoms with Gasteiger partial charge in [-0.1, -0.05) is 60.7 Å². The number of carbonyl (C=O) groups is 3. The van der Waals surface area contributed by atoms with Gasteiger partial charge in [-0.3, -0.25) is 4.79 Å². The van der Waals surface area contributed by atoms with Crippen LogP contribution in [0.25, 0.3) is 11.1 Å². The molecule has 1 fully saturated rings. The summed E-state index contributed by atoms with van der Waals surface area (Å²) in [6.45, 7) is 0.946. The molecule has 0 saturated carbocycles. The number of nitrogens with one attached hydrogen (secondary N) is 1.